The molecular formula is C34H45F3O3. The van der Waals surface area contributed by atoms with Crippen LogP contribution in [0, 0.1) is 29.3 Å². The van der Waals surface area contributed by atoms with Crippen molar-refractivity contribution in [1.82, 2.24) is 0 Å². The van der Waals surface area contributed by atoms with Crippen LogP contribution in [0.3, 0.4) is 0 Å². The number of ether oxygens (including phenoxy) is 2. The van der Waals surface area contributed by atoms with E-state index in [4.69, 9.17) is 9.47 Å². The van der Waals surface area contributed by atoms with Gasteiger partial charge in [0.2, 0.25) is 5.82 Å². The van der Waals surface area contributed by atoms with E-state index in [1.54, 1.807) is 18.2 Å². The largest absolute Gasteiger partial charge is 0.491 e. The molecule has 0 bridgehead atoms. The number of benzene rings is 2. The molecule has 0 atom stereocenters. The molecule has 0 radical (unpaired) electrons. The van der Waals surface area contributed by atoms with Crippen LogP contribution in [0.15, 0.2) is 30.3 Å². The van der Waals surface area contributed by atoms with Crippen molar-refractivity contribution in [2.45, 2.75) is 116 Å². The second-order valence-corrected chi connectivity index (χ2v) is 12.0. The van der Waals surface area contributed by atoms with Crippen molar-refractivity contribution >= 4 is 5.97 Å². The quantitative estimate of drug-likeness (QED) is 0.148. The number of rotatable bonds is 12. The van der Waals surface area contributed by atoms with Gasteiger partial charge < -0.3 is 9.47 Å². The van der Waals surface area contributed by atoms with Gasteiger partial charge in [-0.3, -0.25) is 4.79 Å². The summed E-state index contributed by atoms with van der Waals surface area (Å²) >= 11 is 0. The van der Waals surface area contributed by atoms with Gasteiger partial charge in [-0.1, -0.05) is 70.9 Å². The summed E-state index contributed by atoms with van der Waals surface area (Å²) in [5, 5.41) is 0. The number of halogens is 3. The van der Waals surface area contributed by atoms with Crippen molar-refractivity contribution in [3.8, 4) is 11.5 Å². The molecular weight excluding hydrogens is 513 g/mol. The minimum atomic E-state index is -1.08. The number of carbonyl (C=O) groups excluding carboxylic acids is 1. The minimum absolute atomic E-state index is 0.0107. The summed E-state index contributed by atoms with van der Waals surface area (Å²) < 4.78 is 55.4. The number of hydrogen-bond acceptors (Lipinski definition) is 3. The lowest BCUT2D eigenvalue weighted by molar-refractivity contribution is -0.140. The molecule has 3 nitrogen and oxygen atoms in total. The molecule has 0 aliphatic heterocycles. The summed E-state index contributed by atoms with van der Waals surface area (Å²) in [6, 6.07) is 8.14. The highest BCUT2D eigenvalue weighted by Crippen LogP contribution is 2.40. The van der Waals surface area contributed by atoms with E-state index in [0.717, 1.165) is 44.1 Å². The fourth-order valence-corrected chi connectivity index (χ4v) is 6.32. The van der Waals surface area contributed by atoms with Crippen molar-refractivity contribution in [1.29, 1.82) is 0 Å². The van der Waals surface area contributed by atoms with Crippen LogP contribution in [0.2, 0.25) is 0 Å². The molecule has 0 amide bonds. The predicted octanol–water partition coefficient (Wildman–Crippen LogP) is 10.0. The zero-order valence-corrected chi connectivity index (χ0v) is 24.2. The van der Waals surface area contributed by atoms with Gasteiger partial charge in [0.1, 0.15) is 0 Å². The molecule has 0 spiro atoms. The first-order valence-corrected chi connectivity index (χ1v) is 15.5. The summed E-state index contributed by atoms with van der Waals surface area (Å²) in [6.07, 6.45) is 13.1. The average molecular weight is 559 g/mol. The van der Waals surface area contributed by atoms with Gasteiger partial charge in [0, 0.05) is 0 Å². The fraction of sp³-hybridized carbons (Fsp3) is 0.618. The van der Waals surface area contributed by atoms with Gasteiger partial charge in [-0.2, -0.15) is 4.39 Å². The molecule has 40 heavy (non-hydrogen) atoms. The molecule has 0 aromatic heterocycles. The first-order chi connectivity index (χ1) is 19.4. The number of hydrogen-bond donors (Lipinski definition) is 0. The molecule has 2 aromatic rings. The SMILES string of the molecule is CCCCCCCCOc1ccc(C2CCC(C(=O)Oc3ccc(C4CCC(C)CC4)c(F)c3F)CC2)cc1F. The molecule has 2 fully saturated rings. The number of carbonyl (C=O) groups is 1. The number of esters is 1. The fourth-order valence-electron chi connectivity index (χ4n) is 6.32. The molecule has 2 aliphatic carbocycles. The molecule has 0 N–H and O–H groups in total. The van der Waals surface area contributed by atoms with Crippen molar-refractivity contribution < 1.29 is 27.4 Å². The van der Waals surface area contributed by atoms with Crippen molar-refractivity contribution in [3.63, 3.8) is 0 Å². The summed E-state index contributed by atoms with van der Waals surface area (Å²) in [5.74, 6) is -2.52. The third-order valence-corrected chi connectivity index (χ3v) is 8.99. The second kappa shape index (κ2) is 14.9. The van der Waals surface area contributed by atoms with E-state index in [0.29, 0.717) is 43.8 Å². The standard InChI is InChI=1S/C34H45F3O3/c1-3-4-5-6-7-8-21-39-30-19-17-27(22-29(30)35)24-13-15-26(16-14-24)34(38)40-31-20-18-28(32(36)33(31)37)25-11-9-23(2)10-12-25/h17-20,22-26H,3-16,21H2,1-2H3. The normalized spacial score (nSPS) is 23.1. The Morgan fingerprint density at radius 3 is 2.12 bits per heavy atom. The first kappa shape index (κ1) is 30.5. The highest BCUT2D eigenvalue weighted by molar-refractivity contribution is 5.75. The Balaban J connectivity index is 1.24. The second-order valence-electron chi connectivity index (χ2n) is 12.0. The van der Waals surface area contributed by atoms with Gasteiger partial charge in [0.15, 0.2) is 23.1 Å². The first-order valence-electron chi connectivity index (χ1n) is 15.5. The molecule has 4 rings (SSSR count). The van der Waals surface area contributed by atoms with Gasteiger partial charge in [-0.25, -0.2) is 8.78 Å². The van der Waals surface area contributed by atoms with Crippen LogP contribution in [-0.2, 0) is 4.79 Å². The zero-order chi connectivity index (χ0) is 28.5. The molecule has 220 valence electrons. The van der Waals surface area contributed by atoms with Crippen LogP contribution in [0.1, 0.15) is 127 Å². The predicted molar refractivity (Wildman–Crippen MR) is 152 cm³/mol. The lowest BCUT2D eigenvalue weighted by Crippen LogP contribution is -2.25. The Morgan fingerprint density at radius 2 is 1.43 bits per heavy atom. The third kappa shape index (κ3) is 8.04. The van der Waals surface area contributed by atoms with Gasteiger partial charge in [0.05, 0.1) is 12.5 Å². The van der Waals surface area contributed by atoms with E-state index in [2.05, 4.69) is 13.8 Å². The van der Waals surface area contributed by atoms with E-state index < -0.39 is 17.6 Å². The number of unbranched alkanes of at least 4 members (excludes halogenated alkanes) is 5. The molecule has 6 heteroatoms. The summed E-state index contributed by atoms with van der Waals surface area (Å²) in [5.41, 5.74) is 1.29. The Kier molecular flexibility index (Phi) is 11.4. The van der Waals surface area contributed by atoms with Crippen molar-refractivity contribution in [2.75, 3.05) is 6.61 Å². The summed E-state index contributed by atoms with van der Waals surface area (Å²) in [4.78, 5) is 12.8. The van der Waals surface area contributed by atoms with Crippen molar-refractivity contribution in [3.05, 3.63) is 58.9 Å². The summed E-state index contributed by atoms with van der Waals surface area (Å²) in [7, 11) is 0. The smallest absolute Gasteiger partial charge is 0.314 e. The summed E-state index contributed by atoms with van der Waals surface area (Å²) in [6.45, 7) is 4.89. The molecule has 2 saturated carbocycles. The molecule has 0 saturated heterocycles. The third-order valence-electron chi connectivity index (χ3n) is 8.99. The van der Waals surface area contributed by atoms with E-state index >= 15 is 0 Å². The monoisotopic (exact) mass is 558 g/mol. The van der Waals surface area contributed by atoms with Gasteiger partial charge in [-0.15, -0.1) is 0 Å². The maximum Gasteiger partial charge on any atom is 0.314 e. The Labute approximate surface area is 237 Å². The Bertz CT molecular complexity index is 1100. The topological polar surface area (TPSA) is 35.5 Å². The molecule has 2 aromatic carbocycles. The highest BCUT2D eigenvalue weighted by atomic mass is 19.2. The molecule has 2 aliphatic rings. The van der Waals surface area contributed by atoms with E-state index in [9.17, 15) is 18.0 Å². The van der Waals surface area contributed by atoms with Crippen LogP contribution < -0.4 is 9.47 Å². The molecule has 0 heterocycles. The van der Waals surface area contributed by atoms with Crippen LogP contribution in [0.4, 0.5) is 13.2 Å². The minimum Gasteiger partial charge on any atom is -0.491 e. The Morgan fingerprint density at radius 1 is 0.775 bits per heavy atom. The van der Waals surface area contributed by atoms with E-state index in [-0.39, 0.29) is 35.1 Å². The van der Waals surface area contributed by atoms with E-state index in [1.807, 2.05) is 6.07 Å². The van der Waals surface area contributed by atoms with Gasteiger partial charge >= 0.3 is 5.97 Å². The lowest BCUT2D eigenvalue weighted by atomic mass is 9.78. The van der Waals surface area contributed by atoms with Gasteiger partial charge in [-0.05, 0) is 92.0 Å². The van der Waals surface area contributed by atoms with E-state index in [1.165, 1.54) is 31.7 Å². The van der Waals surface area contributed by atoms with Gasteiger partial charge in [0.25, 0.3) is 0 Å². The van der Waals surface area contributed by atoms with Crippen LogP contribution >= 0.6 is 0 Å². The zero-order valence-electron chi connectivity index (χ0n) is 24.2. The Hall–Kier alpha value is -2.50. The van der Waals surface area contributed by atoms with Crippen LogP contribution in [0.5, 0.6) is 11.5 Å². The average Bonchev–Trinajstić information content (AvgIpc) is 2.96. The highest BCUT2D eigenvalue weighted by Gasteiger charge is 2.31. The van der Waals surface area contributed by atoms with Crippen molar-refractivity contribution in [2.24, 2.45) is 11.8 Å². The van der Waals surface area contributed by atoms with Crippen LogP contribution in [0.25, 0.3) is 0 Å². The molecule has 0 unspecified atom stereocenters. The maximum absolute atomic E-state index is 14.9. The van der Waals surface area contributed by atoms with Crippen LogP contribution in [-0.4, -0.2) is 12.6 Å². The lowest BCUT2D eigenvalue weighted by Gasteiger charge is -2.28. The maximum atomic E-state index is 14.9.